The van der Waals surface area contributed by atoms with E-state index in [-0.39, 0.29) is 18.4 Å². The maximum Gasteiger partial charge on any atom is 0.367 e. The van der Waals surface area contributed by atoms with Gasteiger partial charge in [0, 0.05) is 5.57 Å². The number of hydrogen-bond donors (Lipinski definition) is 0. The fourth-order valence-electron chi connectivity index (χ4n) is 2.07. The molecule has 1 aromatic carbocycles. The Morgan fingerprint density at radius 1 is 0.895 bits per heavy atom. The summed E-state index contributed by atoms with van der Waals surface area (Å²) in [7, 11) is 0. The van der Waals surface area contributed by atoms with E-state index in [1.165, 1.54) is 6.08 Å². The van der Waals surface area contributed by atoms with Crippen LogP contribution in [0, 0.1) is 0 Å². The third-order valence-corrected chi connectivity index (χ3v) is 3.53. The second-order valence-corrected chi connectivity index (χ2v) is 5.27. The zero-order valence-electron chi connectivity index (χ0n) is 9.85. The average molecular weight is 335 g/mol. The molecular weight excluding hydrogens is 324 g/mol. The maximum atomic E-state index is 13.9. The zero-order valence-corrected chi connectivity index (χ0v) is 11.4. The SMILES string of the molecule is FC(F)(Br)C(F)(F)C1=C(c2ccccc2)CC=CC1. The molecule has 0 nitrogen and oxygen atoms in total. The summed E-state index contributed by atoms with van der Waals surface area (Å²) >= 11 is 1.79. The molecular formula is C14H11BrF4. The van der Waals surface area contributed by atoms with Gasteiger partial charge < -0.3 is 0 Å². The molecule has 1 aliphatic rings. The highest BCUT2D eigenvalue weighted by Gasteiger charge is 2.57. The Hall–Kier alpha value is -1.10. The summed E-state index contributed by atoms with van der Waals surface area (Å²) in [6, 6.07) is 8.44. The minimum atomic E-state index is -4.25. The van der Waals surface area contributed by atoms with Crippen molar-refractivity contribution in [3.8, 4) is 0 Å². The Bertz CT molecular complexity index is 512. The lowest BCUT2D eigenvalue weighted by Gasteiger charge is -2.28. The van der Waals surface area contributed by atoms with Crippen molar-refractivity contribution < 1.29 is 17.6 Å². The molecule has 0 saturated carbocycles. The highest BCUT2D eigenvalue weighted by Crippen LogP contribution is 2.49. The van der Waals surface area contributed by atoms with Gasteiger partial charge in [-0.2, -0.15) is 17.6 Å². The van der Waals surface area contributed by atoms with Crippen LogP contribution in [0.2, 0.25) is 0 Å². The van der Waals surface area contributed by atoms with Gasteiger partial charge in [0.05, 0.1) is 0 Å². The number of benzene rings is 1. The van der Waals surface area contributed by atoms with Gasteiger partial charge in [0.2, 0.25) is 0 Å². The molecule has 0 fully saturated rings. The lowest BCUT2D eigenvalue weighted by atomic mass is 9.88. The summed E-state index contributed by atoms with van der Waals surface area (Å²) < 4.78 is 53.9. The fourth-order valence-corrected chi connectivity index (χ4v) is 2.31. The van der Waals surface area contributed by atoms with Crippen LogP contribution in [0.25, 0.3) is 5.57 Å². The summed E-state index contributed by atoms with van der Waals surface area (Å²) in [5.74, 6) is -4.21. The van der Waals surface area contributed by atoms with E-state index >= 15 is 0 Å². The Labute approximate surface area is 116 Å². The van der Waals surface area contributed by atoms with Crippen molar-refractivity contribution >= 4 is 21.5 Å². The summed E-state index contributed by atoms with van der Waals surface area (Å²) in [6.07, 6.45) is 3.28. The van der Waals surface area contributed by atoms with Gasteiger partial charge in [0.15, 0.2) is 0 Å². The molecule has 19 heavy (non-hydrogen) atoms. The van der Waals surface area contributed by atoms with Crippen molar-refractivity contribution in [1.82, 2.24) is 0 Å². The molecule has 0 atom stereocenters. The molecule has 1 aliphatic carbocycles. The molecule has 0 bridgehead atoms. The Balaban J connectivity index is 2.53. The number of alkyl halides is 5. The van der Waals surface area contributed by atoms with Crippen molar-refractivity contribution in [2.75, 3.05) is 0 Å². The van der Waals surface area contributed by atoms with Gasteiger partial charge >= 0.3 is 10.8 Å². The predicted molar refractivity (Wildman–Crippen MR) is 70.6 cm³/mol. The predicted octanol–water partition coefficient (Wildman–Crippen LogP) is 5.41. The van der Waals surface area contributed by atoms with Crippen LogP contribution in [0.15, 0.2) is 48.1 Å². The molecule has 102 valence electrons. The molecule has 0 aromatic heterocycles. The average Bonchev–Trinajstić information content (AvgIpc) is 2.38. The van der Waals surface area contributed by atoms with E-state index in [9.17, 15) is 17.6 Å². The van der Waals surface area contributed by atoms with Crippen LogP contribution in [0.3, 0.4) is 0 Å². The summed E-state index contributed by atoms with van der Waals surface area (Å²) in [5.41, 5.74) is 0.300. The second kappa shape index (κ2) is 5.12. The van der Waals surface area contributed by atoms with Crippen molar-refractivity contribution in [2.45, 2.75) is 23.6 Å². The topological polar surface area (TPSA) is 0 Å². The standard InChI is InChI=1S/C14H11BrF4/c15-14(18,19)13(16,17)12-9-5-4-8-11(12)10-6-2-1-3-7-10/h1-7H,8-9H2. The molecule has 0 unspecified atom stereocenters. The highest BCUT2D eigenvalue weighted by molar-refractivity contribution is 9.10. The van der Waals surface area contributed by atoms with Crippen molar-refractivity contribution in [1.29, 1.82) is 0 Å². The van der Waals surface area contributed by atoms with Gasteiger partial charge in [-0.15, -0.1) is 0 Å². The zero-order chi connectivity index (χ0) is 14.1. The molecule has 0 spiro atoms. The second-order valence-electron chi connectivity index (χ2n) is 4.27. The lowest BCUT2D eigenvalue weighted by Crippen LogP contribution is -2.37. The number of hydrogen-bond acceptors (Lipinski definition) is 0. The summed E-state index contributed by atoms with van der Waals surface area (Å²) in [5, 5.41) is 0. The largest absolute Gasteiger partial charge is 0.367 e. The van der Waals surface area contributed by atoms with E-state index in [0.717, 1.165) is 0 Å². The molecule has 5 heteroatoms. The van der Waals surface area contributed by atoms with Gasteiger partial charge in [-0.1, -0.05) is 42.5 Å². The minimum Gasteiger partial charge on any atom is -0.194 e. The number of halogens is 5. The van der Waals surface area contributed by atoms with Crippen molar-refractivity contribution in [3.63, 3.8) is 0 Å². The maximum absolute atomic E-state index is 13.9. The Kier molecular flexibility index (Phi) is 3.85. The fraction of sp³-hybridized carbons (Fsp3) is 0.286. The van der Waals surface area contributed by atoms with E-state index in [4.69, 9.17) is 0 Å². The van der Waals surface area contributed by atoms with Crippen LogP contribution < -0.4 is 0 Å². The number of rotatable bonds is 3. The quantitative estimate of drug-likeness (QED) is 0.393. The lowest BCUT2D eigenvalue weighted by molar-refractivity contribution is -0.120. The first-order valence-corrected chi connectivity index (χ1v) is 6.51. The monoisotopic (exact) mass is 334 g/mol. The van der Waals surface area contributed by atoms with E-state index in [2.05, 4.69) is 0 Å². The van der Waals surface area contributed by atoms with Gasteiger partial charge in [-0.25, -0.2) is 0 Å². The van der Waals surface area contributed by atoms with Gasteiger partial charge in [-0.3, -0.25) is 0 Å². The molecule has 0 radical (unpaired) electrons. The molecule has 1 aromatic rings. The van der Waals surface area contributed by atoms with Crippen LogP contribution in [0.1, 0.15) is 18.4 Å². The van der Waals surface area contributed by atoms with Crippen LogP contribution in [0.5, 0.6) is 0 Å². The highest BCUT2D eigenvalue weighted by atomic mass is 79.9. The van der Waals surface area contributed by atoms with Crippen LogP contribution >= 0.6 is 15.9 Å². The first-order valence-electron chi connectivity index (χ1n) is 5.71. The molecule has 0 amide bonds. The van der Waals surface area contributed by atoms with Crippen LogP contribution in [-0.4, -0.2) is 10.8 Å². The summed E-state index contributed by atoms with van der Waals surface area (Å²) in [6.45, 7) is 0. The third kappa shape index (κ3) is 2.76. The summed E-state index contributed by atoms with van der Waals surface area (Å²) in [4.78, 5) is -4.25. The van der Waals surface area contributed by atoms with Crippen molar-refractivity contribution in [2.24, 2.45) is 0 Å². The smallest absolute Gasteiger partial charge is 0.194 e. The molecule has 0 N–H and O–H groups in total. The van der Waals surface area contributed by atoms with Gasteiger partial charge in [-0.05, 0) is 39.9 Å². The minimum absolute atomic E-state index is 0.168. The molecule has 0 saturated heterocycles. The molecule has 0 heterocycles. The van der Waals surface area contributed by atoms with Crippen LogP contribution in [0.4, 0.5) is 17.6 Å². The molecule has 2 rings (SSSR count). The van der Waals surface area contributed by atoms with E-state index in [1.54, 1.807) is 52.3 Å². The van der Waals surface area contributed by atoms with Gasteiger partial charge in [0.25, 0.3) is 0 Å². The van der Waals surface area contributed by atoms with E-state index < -0.39 is 16.3 Å². The normalized spacial score (nSPS) is 16.9. The van der Waals surface area contributed by atoms with Crippen molar-refractivity contribution in [3.05, 3.63) is 53.6 Å². The first kappa shape index (κ1) is 14.3. The Morgan fingerprint density at radius 2 is 1.47 bits per heavy atom. The molecule has 0 aliphatic heterocycles. The van der Waals surface area contributed by atoms with E-state index in [0.29, 0.717) is 5.56 Å². The number of allylic oxidation sites excluding steroid dienone is 4. The van der Waals surface area contributed by atoms with Gasteiger partial charge in [0.1, 0.15) is 0 Å². The Morgan fingerprint density at radius 3 is 2.05 bits per heavy atom. The first-order chi connectivity index (χ1) is 8.84. The third-order valence-electron chi connectivity index (χ3n) is 3.03. The van der Waals surface area contributed by atoms with E-state index in [1.807, 2.05) is 0 Å². The van der Waals surface area contributed by atoms with Crippen LogP contribution in [-0.2, 0) is 0 Å².